The van der Waals surface area contributed by atoms with E-state index < -0.39 is 0 Å². The van der Waals surface area contributed by atoms with E-state index in [0.29, 0.717) is 11.5 Å². The number of para-hydroxylation sites is 1. The maximum absolute atomic E-state index is 13.8. The lowest BCUT2D eigenvalue weighted by Crippen LogP contribution is -2.28. The molecule has 1 atom stereocenters. The molecule has 1 unspecified atom stereocenters. The fourth-order valence-electron chi connectivity index (χ4n) is 3.74. The quantitative estimate of drug-likeness (QED) is 0.852. The molecule has 0 radical (unpaired) electrons. The molecule has 1 aromatic heterocycles. The highest BCUT2D eigenvalue weighted by Gasteiger charge is 2.29. The van der Waals surface area contributed by atoms with Crippen molar-refractivity contribution in [3.05, 3.63) is 35.8 Å². The van der Waals surface area contributed by atoms with Crippen molar-refractivity contribution in [2.75, 3.05) is 7.05 Å². The van der Waals surface area contributed by atoms with Crippen LogP contribution in [-0.4, -0.2) is 7.05 Å². The minimum atomic E-state index is -0.275. The second-order valence-corrected chi connectivity index (χ2v) is 6.26. The molecule has 1 N–H and O–H groups in total. The Bertz CT molecular complexity index is 598. The molecule has 1 aliphatic rings. The minimum absolute atomic E-state index is 0.189. The zero-order valence-electron chi connectivity index (χ0n) is 12.9. The Balaban J connectivity index is 1.83. The highest BCUT2D eigenvalue weighted by molar-refractivity contribution is 5.78. The maximum atomic E-state index is 13.8. The Morgan fingerprint density at radius 1 is 1.29 bits per heavy atom. The van der Waals surface area contributed by atoms with Gasteiger partial charge in [0.2, 0.25) is 0 Å². The lowest BCUT2D eigenvalue weighted by atomic mass is 9.77. The number of furan rings is 1. The number of rotatable bonds is 4. The zero-order valence-corrected chi connectivity index (χ0v) is 12.9. The smallest absolute Gasteiger partial charge is 0.169 e. The van der Waals surface area contributed by atoms with E-state index in [1.807, 2.05) is 19.2 Å². The van der Waals surface area contributed by atoms with Crippen molar-refractivity contribution in [3.8, 4) is 0 Å². The van der Waals surface area contributed by atoms with Gasteiger partial charge < -0.3 is 9.73 Å². The highest BCUT2D eigenvalue weighted by atomic mass is 19.1. The first-order chi connectivity index (χ1) is 10.2. The van der Waals surface area contributed by atoms with E-state index in [0.717, 1.165) is 17.1 Å². The summed E-state index contributed by atoms with van der Waals surface area (Å²) in [7, 11) is 1.97. The van der Waals surface area contributed by atoms with Crippen molar-refractivity contribution in [2.45, 2.75) is 45.1 Å². The fourth-order valence-corrected chi connectivity index (χ4v) is 3.74. The van der Waals surface area contributed by atoms with Gasteiger partial charge in [-0.15, -0.1) is 0 Å². The lowest BCUT2D eigenvalue weighted by molar-refractivity contribution is 0.210. The zero-order chi connectivity index (χ0) is 14.8. The Labute approximate surface area is 125 Å². The average molecular weight is 289 g/mol. The molecule has 3 rings (SSSR count). The van der Waals surface area contributed by atoms with Gasteiger partial charge in [0.15, 0.2) is 11.4 Å². The van der Waals surface area contributed by atoms with Gasteiger partial charge in [0.05, 0.1) is 6.04 Å². The molecular formula is C18H24FNO. The summed E-state index contributed by atoms with van der Waals surface area (Å²) >= 11 is 0. The van der Waals surface area contributed by atoms with Gasteiger partial charge in [-0.1, -0.05) is 38.3 Å². The van der Waals surface area contributed by atoms with Crippen LogP contribution >= 0.6 is 0 Å². The van der Waals surface area contributed by atoms with Crippen molar-refractivity contribution in [1.82, 2.24) is 5.32 Å². The number of benzene rings is 1. The van der Waals surface area contributed by atoms with Crippen LogP contribution in [0.15, 0.2) is 28.7 Å². The topological polar surface area (TPSA) is 25.2 Å². The SMILES string of the molecule is CCC1CCC(C(NC)c2cc3cccc(F)c3o2)CC1. The van der Waals surface area contributed by atoms with Gasteiger partial charge in [0, 0.05) is 5.39 Å². The van der Waals surface area contributed by atoms with Gasteiger partial charge in [0.25, 0.3) is 0 Å². The van der Waals surface area contributed by atoms with E-state index in [9.17, 15) is 4.39 Å². The number of nitrogens with one attached hydrogen (secondary N) is 1. The summed E-state index contributed by atoms with van der Waals surface area (Å²) in [5.74, 6) is 2.06. The van der Waals surface area contributed by atoms with Crippen LogP contribution in [0.1, 0.15) is 50.8 Å². The molecule has 2 nitrogen and oxygen atoms in total. The Kier molecular flexibility index (Phi) is 4.29. The number of hydrogen-bond acceptors (Lipinski definition) is 2. The van der Waals surface area contributed by atoms with E-state index >= 15 is 0 Å². The molecule has 0 amide bonds. The van der Waals surface area contributed by atoms with Crippen molar-refractivity contribution < 1.29 is 8.81 Å². The van der Waals surface area contributed by atoms with E-state index in [2.05, 4.69) is 12.2 Å². The molecule has 0 bridgehead atoms. The molecule has 1 heterocycles. The average Bonchev–Trinajstić information content (AvgIpc) is 2.94. The van der Waals surface area contributed by atoms with Gasteiger partial charge in [-0.25, -0.2) is 4.39 Å². The highest BCUT2D eigenvalue weighted by Crippen LogP contribution is 2.39. The second-order valence-electron chi connectivity index (χ2n) is 6.26. The minimum Gasteiger partial charge on any atom is -0.456 e. The molecule has 0 saturated heterocycles. The van der Waals surface area contributed by atoms with Crippen LogP contribution in [0, 0.1) is 17.7 Å². The molecule has 1 aromatic carbocycles. The summed E-state index contributed by atoms with van der Waals surface area (Å²) in [4.78, 5) is 0. The normalized spacial score (nSPS) is 24.3. The van der Waals surface area contributed by atoms with Gasteiger partial charge in [0.1, 0.15) is 5.76 Å². The van der Waals surface area contributed by atoms with Crippen LogP contribution in [0.3, 0.4) is 0 Å². The van der Waals surface area contributed by atoms with E-state index in [1.54, 1.807) is 6.07 Å². The number of fused-ring (bicyclic) bond motifs is 1. The first-order valence-corrected chi connectivity index (χ1v) is 8.08. The summed E-state index contributed by atoms with van der Waals surface area (Å²) in [5.41, 5.74) is 0.384. The summed E-state index contributed by atoms with van der Waals surface area (Å²) < 4.78 is 19.6. The monoisotopic (exact) mass is 289 g/mol. The van der Waals surface area contributed by atoms with E-state index in [1.165, 1.54) is 38.2 Å². The second kappa shape index (κ2) is 6.18. The fraction of sp³-hybridized carbons (Fsp3) is 0.556. The predicted molar refractivity (Wildman–Crippen MR) is 83.7 cm³/mol. The molecular weight excluding hydrogens is 265 g/mol. The molecule has 0 aliphatic heterocycles. The Hall–Kier alpha value is -1.35. The first kappa shape index (κ1) is 14.6. The molecule has 1 aliphatic carbocycles. The van der Waals surface area contributed by atoms with Gasteiger partial charge in [-0.3, -0.25) is 0 Å². The molecule has 3 heteroatoms. The van der Waals surface area contributed by atoms with Crippen molar-refractivity contribution in [1.29, 1.82) is 0 Å². The molecule has 1 fully saturated rings. The molecule has 21 heavy (non-hydrogen) atoms. The Morgan fingerprint density at radius 2 is 2.05 bits per heavy atom. The van der Waals surface area contributed by atoms with Crippen molar-refractivity contribution in [3.63, 3.8) is 0 Å². The third kappa shape index (κ3) is 2.84. The van der Waals surface area contributed by atoms with Crippen LogP contribution in [0.25, 0.3) is 11.0 Å². The van der Waals surface area contributed by atoms with Crippen molar-refractivity contribution >= 4 is 11.0 Å². The summed E-state index contributed by atoms with van der Waals surface area (Å²) in [6.45, 7) is 2.28. The standard InChI is InChI=1S/C18H24FNO/c1-3-12-7-9-13(10-8-12)17(20-2)16-11-14-5-4-6-15(19)18(14)21-16/h4-6,11-13,17,20H,3,7-10H2,1-2H3. The van der Waals surface area contributed by atoms with Gasteiger partial charge >= 0.3 is 0 Å². The van der Waals surface area contributed by atoms with Gasteiger partial charge in [-0.05, 0) is 43.9 Å². The summed E-state index contributed by atoms with van der Waals surface area (Å²) in [6, 6.07) is 7.28. The van der Waals surface area contributed by atoms with Crippen LogP contribution < -0.4 is 5.32 Å². The van der Waals surface area contributed by atoms with E-state index in [-0.39, 0.29) is 11.9 Å². The Morgan fingerprint density at radius 3 is 2.67 bits per heavy atom. The van der Waals surface area contributed by atoms with E-state index in [4.69, 9.17) is 4.42 Å². The maximum Gasteiger partial charge on any atom is 0.169 e. The van der Waals surface area contributed by atoms with Crippen LogP contribution in [0.4, 0.5) is 4.39 Å². The lowest BCUT2D eigenvalue weighted by Gasteiger charge is -2.32. The van der Waals surface area contributed by atoms with Crippen LogP contribution in [0.2, 0.25) is 0 Å². The number of hydrogen-bond donors (Lipinski definition) is 1. The molecule has 114 valence electrons. The predicted octanol–water partition coefficient (Wildman–Crippen LogP) is 5.05. The molecule has 0 spiro atoms. The third-order valence-electron chi connectivity index (χ3n) is 5.07. The molecule has 1 saturated carbocycles. The van der Waals surface area contributed by atoms with Crippen molar-refractivity contribution in [2.24, 2.45) is 11.8 Å². The summed E-state index contributed by atoms with van der Waals surface area (Å²) in [6.07, 6.45) is 6.34. The van der Waals surface area contributed by atoms with Gasteiger partial charge in [-0.2, -0.15) is 0 Å². The largest absolute Gasteiger partial charge is 0.456 e. The third-order valence-corrected chi connectivity index (χ3v) is 5.07. The first-order valence-electron chi connectivity index (χ1n) is 8.08. The number of halogens is 1. The van der Waals surface area contributed by atoms with Crippen LogP contribution in [0.5, 0.6) is 0 Å². The summed E-state index contributed by atoms with van der Waals surface area (Å²) in [5, 5.41) is 4.24. The molecule has 2 aromatic rings. The van der Waals surface area contributed by atoms with Crippen LogP contribution in [-0.2, 0) is 0 Å².